The van der Waals surface area contributed by atoms with Crippen LogP contribution in [0.3, 0.4) is 0 Å². The molecule has 2 aromatic carbocycles. The summed E-state index contributed by atoms with van der Waals surface area (Å²) in [7, 11) is 1.79. The normalized spacial score (nSPS) is 28.6. The number of nitrogens with zero attached hydrogens (tertiary/aromatic N) is 2. The molecule has 2 amide bonds. The number of hydrogen-bond acceptors (Lipinski definition) is 3. The SMILES string of the molecule is CN1C(=O)[C@@]2(c3ccccc31)[C@@H](C(=O)Nc1ccc(F)cc1)C[C@H]1CCCN12. The highest BCUT2D eigenvalue weighted by atomic mass is 19.1. The minimum atomic E-state index is -0.948. The van der Waals surface area contributed by atoms with Gasteiger partial charge in [0.25, 0.3) is 5.91 Å². The van der Waals surface area contributed by atoms with Crippen molar-refractivity contribution in [1.82, 2.24) is 4.90 Å². The summed E-state index contributed by atoms with van der Waals surface area (Å²) in [6.45, 7) is 0.818. The maximum absolute atomic E-state index is 13.6. The van der Waals surface area contributed by atoms with Crippen LogP contribution in [0.2, 0.25) is 0 Å². The second-order valence-corrected chi connectivity index (χ2v) is 7.92. The van der Waals surface area contributed by atoms with Crippen LogP contribution in [0.15, 0.2) is 48.5 Å². The van der Waals surface area contributed by atoms with Gasteiger partial charge in [-0.1, -0.05) is 18.2 Å². The van der Waals surface area contributed by atoms with Crippen LogP contribution in [-0.4, -0.2) is 36.3 Å². The highest BCUT2D eigenvalue weighted by Crippen LogP contribution is 2.56. The van der Waals surface area contributed by atoms with Crippen LogP contribution in [0.5, 0.6) is 0 Å². The third-order valence-corrected chi connectivity index (χ3v) is 6.58. The number of anilines is 2. The molecule has 1 spiro atoms. The van der Waals surface area contributed by atoms with E-state index in [1.807, 2.05) is 24.3 Å². The summed E-state index contributed by atoms with van der Waals surface area (Å²) in [4.78, 5) is 30.9. The lowest BCUT2D eigenvalue weighted by Gasteiger charge is -2.37. The molecule has 3 aliphatic rings. The second kappa shape index (κ2) is 6.14. The van der Waals surface area contributed by atoms with Crippen LogP contribution < -0.4 is 10.2 Å². The molecule has 0 saturated carbocycles. The number of fused-ring (bicyclic) bond motifs is 4. The molecule has 0 aliphatic carbocycles. The predicted octanol–water partition coefficient (Wildman–Crippen LogP) is 3.12. The summed E-state index contributed by atoms with van der Waals surface area (Å²) < 4.78 is 13.2. The standard InChI is InChI=1S/C22H22FN3O2/c1-25-19-7-3-2-6-17(19)22(21(25)28)18(13-16-5-4-12-26(16)22)20(27)24-15-10-8-14(23)9-11-15/h2-3,6-11,16,18H,4-5,12-13H2,1H3,(H,24,27)/t16-,18-,22-/m1/s1. The number of carbonyl (C=O) groups excluding carboxylic acids is 2. The number of halogens is 1. The van der Waals surface area contributed by atoms with Crippen LogP contribution in [-0.2, 0) is 15.1 Å². The maximum atomic E-state index is 13.6. The molecule has 5 nitrogen and oxygen atoms in total. The van der Waals surface area contributed by atoms with Crippen molar-refractivity contribution < 1.29 is 14.0 Å². The number of carbonyl (C=O) groups is 2. The molecule has 28 heavy (non-hydrogen) atoms. The fourth-order valence-corrected chi connectivity index (χ4v) is 5.43. The molecule has 2 fully saturated rings. The van der Waals surface area contributed by atoms with E-state index in [-0.39, 0.29) is 23.7 Å². The molecule has 0 bridgehead atoms. The molecule has 1 N–H and O–H groups in total. The summed E-state index contributed by atoms with van der Waals surface area (Å²) in [5.41, 5.74) is 1.39. The molecular weight excluding hydrogens is 357 g/mol. The third kappa shape index (κ3) is 2.21. The first-order valence-corrected chi connectivity index (χ1v) is 9.74. The highest BCUT2D eigenvalue weighted by molar-refractivity contribution is 6.11. The molecule has 0 radical (unpaired) electrons. The molecule has 6 heteroatoms. The Balaban J connectivity index is 1.59. The molecule has 5 rings (SSSR count). The Kier molecular flexibility index (Phi) is 3.81. The summed E-state index contributed by atoms with van der Waals surface area (Å²) in [5, 5.41) is 2.91. The van der Waals surface area contributed by atoms with Gasteiger partial charge in [0, 0.05) is 30.0 Å². The van der Waals surface area contributed by atoms with Gasteiger partial charge < -0.3 is 10.2 Å². The minimum absolute atomic E-state index is 0.0302. The van der Waals surface area contributed by atoms with Gasteiger partial charge in [0.05, 0.1) is 5.92 Å². The molecule has 2 saturated heterocycles. The van der Waals surface area contributed by atoms with E-state index >= 15 is 0 Å². The average Bonchev–Trinajstić information content (AvgIpc) is 3.34. The van der Waals surface area contributed by atoms with Crippen molar-refractivity contribution >= 4 is 23.2 Å². The van der Waals surface area contributed by atoms with E-state index < -0.39 is 11.5 Å². The number of benzene rings is 2. The zero-order valence-electron chi connectivity index (χ0n) is 15.7. The van der Waals surface area contributed by atoms with E-state index in [9.17, 15) is 14.0 Å². The van der Waals surface area contributed by atoms with Crippen LogP contribution in [0.1, 0.15) is 24.8 Å². The Morgan fingerprint density at radius 3 is 2.71 bits per heavy atom. The lowest BCUT2D eigenvalue weighted by atomic mass is 9.78. The monoisotopic (exact) mass is 379 g/mol. The lowest BCUT2D eigenvalue weighted by Crippen LogP contribution is -2.55. The van der Waals surface area contributed by atoms with Gasteiger partial charge in [-0.05, 0) is 56.1 Å². The first-order chi connectivity index (χ1) is 13.5. The van der Waals surface area contributed by atoms with Gasteiger partial charge in [-0.2, -0.15) is 0 Å². The summed E-state index contributed by atoms with van der Waals surface area (Å²) >= 11 is 0. The maximum Gasteiger partial charge on any atom is 0.252 e. The van der Waals surface area contributed by atoms with Crippen molar-refractivity contribution in [3.63, 3.8) is 0 Å². The van der Waals surface area contributed by atoms with Crippen LogP contribution in [0.4, 0.5) is 15.8 Å². The second-order valence-electron chi connectivity index (χ2n) is 7.92. The molecule has 3 atom stereocenters. The molecule has 3 heterocycles. The topological polar surface area (TPSA) is 52.7 Å². The van der Waals surface area contributed by atoms with Gasteiger partial charge in [-0.3, -0.25) is 14.5 Å². The number of para-hydroxylation sites is 1. The molecule has 0 aromatic heterocycles. The third-order valence-electron chi connectivity index (χ3n) is 6.58. The quantitative estimate of drug-likeness (QED) is 0.872. The molecular formula is C22H22FN3O2. The van der Waals surface area contributed by atoms with E-state index in [1.165, 1.54) is 12.1 Å². The first kappa shape index (κ1) is 17.4. The zero-order chi connectivity index (χ0) is 19.5. The molecule has 0 unspecified atom stereocenters. The largest absolute Gasteiger partial charge is 0.326 e. The van der Waals surface area contributed by atoms with Gasteiger partial charge in [-0.15, -0.1) is 0 Å². The summed E-state index contributed by atoms with van der Waals surface area (Å²) in [6.07, 6.45) is 2.69. The van der Waals surface area contributed by atoms with Crippen molar-refractivity contribution in [2.45, 2.75) is 30.8 Å². The van der Waals surface area contributed by atoms with Crippen LogP contribution >= 0.6 is 0 Å². The average molecular weight is 379 g/mol. The Labute approximate surface area is 163 Å². The number of hydrogen-bond donors (Lipinski definition) is 1. The van der Waals surface area contributed by atoms with Crippen molar-refractivity contribution in [3.8, 4) is 0 Å². The Bertz CT molecular complexity index is 961. The first-order valence-electron chi connectivity index (χ1n) is 9.74. The van der Waals surface area contributed by atoms with Crippen molar-refractivity contribution in [2.75, 3.05) is 23.8 Å². The van der Waals surface area contributed by atoms with Gasteiger partial charge >= 0.3 is 0 Å². The highest BCUT2D eigenvalue weighted by Gasteiger charge is 2.66. The van der Waals surface area contributed by atoms with E-state index in [1.54, 1.807) is 24.1 Å². The summed E-state index contributed by atoms with van der Waals surface area (Å²) in [5.74, 6) is -1.05. The molecule has 144 valence electrons. The van der Waals surface area contributed by atoms with Crippen molar-refractivity contribution in [3.05, 3.63) is 59.9 Å². The number of amides is 2. The minimum Gasteiger partial charge on any atom is -0.326 e. The fraction of sp³-hybridized carbons (Fsp3) is 0.364. The van der Waals surface area contributed by atoms with Crippen molar-refractivity contribution in [1.29, 1.82) is 0 Å². The van der Waals surface area contributed by atoms with Gasteiger partial charge in [0.15, 0.2) is 0 Å². The Morgan fingerprint density at radius 1 is 1.18 bits per heavy atom. The molecule has 2 aromatic rings. The van der Waals surface area contributed by atoms with E-state index in [4.69, 9.17) is 0 Å². The van der Waals surface area contributed by atoms with Gasteiger partial charge in [0.2, 0.25) is 5.91 Å². The van der Waals surface area contributed by atoms with Gasteiger partial charge in [0.1, 0.15) is 11.4 Å². The van der Waals surface area contributed by atoms with Crippen molar-refractivity contribution in [2.24, 2.45) is 5.92 Å². The van der Waals surface area contributed by atoms with E-state index in [2.05, 4.69) is 10.2 Å². The van der Waals surface area contributed by atoms with Crippen LogP contribution in [0, 0.1) is 11.7 Å². The van der Waals surface area contributed by atoms with E-state index in [0.717, 1.165) is 30.6 Å². The summed E-state index contributed by atoms with van der Waals surface area (Å²) in [6, 6.07) is 13.8. The van der Waals surface area contributed by atoms with E-state index in [0.29, 0.717) is 12.1 Å². The predicted molar refractivity (Wildman–Crippen MR) is 104 cm³/mol. The fourth-order valence-electron chi connectivity index (χ4n) is 5.43. The zero-order valence-corrected chi connectivity index (χ0v) is 15.7. The Morgan fingerprint density at radius 2 is 1.93 bits per heavy atom. The van der Waals surface area contributed by atoms with Crippen LogP contribution in [0.25, 0.3) is 0 Å². The molecule has 3 aliphatic heterocycles. The number of rotatable bonds is 2. The lowest BCUT2D eigenvalue weighted by molar-refractivity contribution is -0.136. The van der Waals surface area contributed by atoms with Gasteiger partial charge in [-0.25, -0.2) is 4.39 Å². The number of nitrogens with one attached hydrogen (secondary N) is 1. The Hall–Kier alpha value is -2.73. The number of likely N-dealkylation sites (N-methyl/N-ethyl adjacent to an activating group) is 1. The smallest absolute Gasteiger partial charge is 0.252 e.